The van der Waals surface area contributed by atoms with Crippen LogP contribution in [0.5, 0.6) is 5.75 Å². The Hall–Kier alpha value is -3.06. The van der Waals surface area contributed by atoms with E-state index >= 15 is 0 Å². The summed E-state index contributed by atoms with van der Waals surface area (Å²) >= 11 is 6.02. The lowest BCUT2D eigenvalue weighted by Crippen LogP contribution is -2.43. The van der Waals surface area contributed by atoms with Gasteiger partial charge < -0.3 is 10.1 Å². The Morgan fingerprint density at radius 2 is 1.63 bits per heavy atom. The Kier molecular flexibility index (Phi) is 6.79. The highest BCUT2D eigenvalue weighted by molar-refractivity contribution is 6.31. The average molecular weight is 390 g/mol. The number of carbonyl (C=O) groups is 3. The maximum Gasteiger partial charge on any atom is 0.276 e. The van der Waals surface area contributed by atoms with Crippen molar-refractivity contribution < 1.29 is 19.1 Å². The fraction of sp³-hybridized carbons (Fsp3) is 0.211. The van der Waals surface area contributed by atoms with Crippen LogP contribution in [-0.2, 0) is 9.59 Å². The number of amides is 3. The molecule has 8 heteroatoms. The van der Waals surface area contributed by atoms with Crippen molar-refractivity contribution in [3.05, 3.63) is 58.1 Å². The molecule has 0 unspecified atom stereocenters. The number of nitrogens with one attached hydrogen (secondary N) is 3. The largest absolute Gasteiger partial charge is 0.483 e. The van der Waals surface area contributed by atoms with E-state index in [0.717, 1.165) is 11.1 Å². The van der Waals surface area contributed by atoms with E-state index in [1.165, 1.54) is 19.1 Å². The zero-order valence-corrected chi connectivity index (χ0v) is 15.9. The van der Waals surface area contributed by atoms with Crippen LogP contribution in [-0.4, -0.2) is 24.3 Å². The Morgan fingerprint density at radius 1 is 0.963 bits per heavy atom. The molecule has 0 spiro atoms. The van der Waals surface area contributed by atoms with Crippen molar-refractivity contribution in [2.45, 2.75) is 20.8 Å². The molecule has 27 heavy (non-hydrogen) atoms. The first-order chi connectivity index (χ1) is 12.8. The van der Waals surface area contributed by atoms with Gasteiger partial charge in [0.1, 0.15) is 5.75 Å². The monoisotopic (exact) mass is 389 g/mol. The van der Waals surface area contributed by atoms with E-state index in [0.29, 0.717) is 22.0 Å². The Morgan fingerprint density at radius 3 is 2.26 bits per heavy atom. The summed E-state index contributed by atoms with van der Waals surface area (Å²) in [6, 6.07) is 9.63. The van der Waals surface area contributed by atoms with Crippen LogP contribution >= 0.6 is 11.6 Å². The van der Waals surface area contributed by atoms with Crippen molar-refractivity contribution in [1.82, 2.24) is 10.9 Å². The molecule has 0 saturated carbocycles. The average Bonchev–Trinajstić information content (AvgIpc) is 2.63. The molecular weight excluding hydrogens is 370 g/mol. The second-order valence-corrected chi connectivity index (χ2v) is 6.25. The summed E-state index contributed by atoms with van der Waals surface area (Å²) in [5.41, 5.74) is 7.22. The standard InChI is InChI=1S/C19H20ClN3O4/c1-11-12(2)17(9-8-16(11)20)27-10-18(25)22-23-19(26)14-4-6-15(7-5-14)21-13(3)24/h4-9H,10H2,1-3H3,(H,21,24)(H,22,25)(H,23,26). The molecule has 0 aromatic heterocycles. The van der Waals surface area contributed by atoms with Crippen LogP contribution in [0.2, 0.25) is 5.02 Å². The predicted molar refractivity (Wildman–Crippen MR) is 103 cm³/mol. The van der Waals surface area contributed by atoms with Gasteiger partial charge in [0.25, 0.3) is 11.8 Å². The second-order valence-electron chi connectivity index (χ2n) is 5.85. The number of anilines is 1. The fourth-order valence-electron chi connectivity index (χ4n) is 2.21. The molecular formula is C19H20ClN3O4. The minimum atomic E-state index is -0.509. The molecule has 0 aliphatic rings. The van der Waals surface area contributed by atoms with Gasteiger partial charge in [0.2, 0.25) is 5.91 Å². The van der Waals surface area contributed by atoms with E-state index in [2.05, 4.69) is 16.2 Å². The highest BCUT2D eigenvalue weighted by Gasteiger charge is 2.10. The van der Waals surface area contributed by atoms with Crippen LogP contribution in [0.3, 0.4) is 0 Å². The number of halogens is 1. The molecule has 7 nitrogen and oxygen atoms in total. The Bertz CT molecular complexity index is 866. The molecule has 0 atom stereocenters. The van der Waals surface area contributed by atoms with Gasteiger partial charge in [-0.2, -0.15) is 0 Å². The van der Waals surface area contributed by atoms with Crippen LogP contribution in [0.25, 0.3) is 0 Å². The first-order valence-electron chi connectivity index (χ1n) is 8.13. The summed E-state index contributed by atoms with van der Waals surface area (Å²) < 4.78 is 5.46. The van der Waals surface area contributed by atoms with E-state index in [1.807, 2.05) is 13.8 Å². The van der Waals surface area contributed by atoms with E-state index < -0.39 is 11.8 Å². The minimum Gasteiger partial charge on any atom is -0.483 e. The number of carbonyl (C=O) groups excluding carboxylic acids is 3. The smallest absolute Gasteiger partial charge is 0.276 e. The molecule has 3 amide bonds. The molecule has 2 rings (SSSR count). The molecule has 0 bridgehead atoms. The Balaban J connectivity index is 1.84. The number of hydrazine groups is 1. The predicted octanol–water partition coefficient (Wildman–Crippen LogP) is 2.76. The first kappa shape index (κ1) is 20.3. The van der Waals surface area contributed by atoms with Crippen molar-refractivity contribution in [3.63, 3.8) is 0 Å². The fourth-order valence-corrected chi connectivity index (χ4v) is 2.41. The van der Waals surface area contributed by atoms with Gasteiger partial charge in [0, 0.05) is 23.2 Å². The topological polar surface area (TPSA) is 96.5 Å². The molecule has 142 valence electrons. The molecule has 0 aliphatic heterocycles. The van der Waals surface area contributed by atoms with E-state index in [9.17, 15) is 14.4 Å². The molecule has 0 aliphatic carbocycles. The summed E-state index contributed by atoms with van der Waals surface area (Å²) in [5.74, 6) is -0.654. The SMILES string of the molecule is CC(=O)Nc1ccc(C(=O)NNC(=O)COc2ccc(Cl)c(C)c2C)cc1. The number of ether oxygens (including phenoxy) is 1. The van der Waals surface area contributed by atoms with Crippen LogP contribution in [0.15, 0.2) is 36.4 Å². The normalized spacial score (nSPS) is 10.1. The number of benzene rings is 2. The number of rotatable bonds is 5. The van der Waals surface area contributed by atoms with Crippen molar-refractivity contribution in [2.75, 3.05) is 11.9 Å². The third-order valence-corrected chi connectivity index (χ3v) is 4.22. The Labute approximate surface area is 162 Å². The summed E-state index contributed by atoms with van der Waals surface area (Å²) in [7, 11) is 0. The van der Waals surface area contributed by atoms with Crippen molar-refractivity contribution in [2.24, 2.45) is 0 Å². The third-order valence-electron chi connectivity index (χ3n) is 3.81. The summed E-state index contributed by atoms with van der Waals surface area (Å²) in [5, 5.41) is 3.23. The molecule has 3 N–H and O–H groups in total. The van der Waals surface area contributed by atoms with Crippen LogP contribution in [0, 0.1) is 13.8 Å². The lowest BCUT2D eigenvalue weighted by atomic mass is 10.1. The maximum atomic E-state index is 12.0. The summed E-state index contributed by atoms with van der Waals surface area (Å²) in [6.45, 7) is 4.84. The van der Waals surface area contributed by atoms with Crippen LogP contribution < -0.4 is 20.9 Å². The third kappa shape index (κ3) is 5.72. The number of hydrogen-bond acceptors (Lipinski definition) is 4. The van der Waals surface area contributed by atoms with Crippen molar-refractivity contribution in [3.8, 4) is 5.75 Å². The molecule has 0 fully saturated rings. The highest BCUT2D eigenvalue weighted by Crippen LogP contribution is 2.27. The first-order valence-corrected chi connectivity index (χ1v) is 8.51. The summed E-state index contributed by atoms with van der Waals surface area (Å²) in [6.07, 6.45) is 0. The second kappa shape index (κ2) is 9.05. The van der Waals surface area contributed by atoms with Crippen LogP contribution in [0.4, 0.5) is 5.69 Å². The quantitative estimate of drug-likeness (QED) is 0.685. The molecule has 2 aromatic rings. The van der Waals surface area contributed by atoms with Crippen LogP contribution in [0.1, 0.15) is 28.4 Å². The zero-order chi connectivity index (χ0) is 20.0. The van der Waals surface area contributed by atoms with Crippen molar-refractivity contribution >= 4 is 35.0 Å². The van der Waals surface area contributed by atoms with Gasteiger partial charge >= 0.3 is 0 Å². The minimum absolute atomic E-state index is 0.203. The molecule has 0 saturated heterocycles. The zero-order valence-electron chi connectivity index (χ0n) is 15.2. The van der Waals surface area contributed by atoms with Gasteiger partial charge in [-0.3, -0.25) is 25.2 Å². The van der Waals surface area contributed by atoms with Gasteiger partial charge in [-0.15, -0.1) is 0 Å². The van der Waals surface area contributed by atoms with Gasteiger partial charge in [-0.05, 0) is 61.4 Å². The van der Waals surface area contributed by atoms with Gasteiger partial charge in [0.05, 0.1) is 0 Å². The van der Waals surface area contributed by atoms with Gasteiger partial charge in [0.15, 0.2) is 6.61 Å². The van der Waals surface area contributed by atoms with E-state index in [1.54, 1.807) is 24.3 Å². The van der Waals surface area contributed by atoms with E-state index in [-0.39, 0.29) is 12.5 Å². The lowest BCUT2D eigenvalue weighted by molar-refractivity contribution is -0.123. The van der Waals surface area contributed by atoms with Gasteiger partial charge in [-0.25, -0.2) is 0 Å². The van der Waals surface area contributed by atoms with E-state index in [4.69, 9.17) is 16.3 Å². The maximum absolute atomic E-state index is 12.0. The lowest BCUT2D eigenvalue weighted by Gasteiger charge is -2.12. The molecule has 0 radical (unpaired) electrons. The molecule has 2 aromatic carbocycles. The van der Waals surface area contributed by atoms with Crippen molar-refractivity contribution in [1.29, 1.82) is 0 Å². The van der Waals surface area contributed by atoms with Gasteiger partial charge in [-0.1, -0.05) is 11.6 Å². The number of hydrogen-bond donors (Lipinski definition) is 3. The highest BCUT2D eigenvalue weighted by atomic mass is 35.5. The molecule has 0 heterocycles. The summed E-state index contributed by atoms with van der Waals surface area (Å²) in [4.78, 5) is 34.9.